The monoisotopic (exact) mass is 613 g/mol. The molecule has 238 valence electrons. The largest absolute Gasteiger partial charge is 0.481 e. The summed E-state index contributed by atoms with van der Waals surface area (Å²) in [6, 6.07) is 25.8. The Balaban J connectivity index is 1.51. The molecule has 2 heterocycles. The average molecular weight is 614 g/mol. The van der Waals surface area contributed by atoms with Crippen LogP contribution >= 0.6 is 0 Å². The standard InChI is InChI=1S/C36H43N3O6/c1-4-35(32(40)41)25(2)37-26(3)36(33(42)43,31(35)27-12-11-17-30(24-27)39(44)45)20-23-38-21-18-34(19-22-38,28-13-7-5-8-14-28)29-15-9-6-10-16-29/h5-17,24-26,31,37H,4,18-23H2,1-3H3,(H,40,41)(H,42,43). The molecule has 0 spiro atoms. The van der Waals surface area contributed by atoms with Crippen molar-refractivity contribution in [3.63, 3.8) is 0 Å². The number of rotatable bonds is 10. The van der Waals surface area contributed by atoms with E-state index in [9.17, 15) is 29.9 Å². The first-order valence-electron chi connectivity index (χ1n) is 15.8. The van der Waals surface area contributed by atoms with Crippen LogP contribution in [0.25, 0.3) is 0 Å². The smallest absolute Gasteiger partial charge is 0.311 e. The molecule has 2 aliphatic heterocycles. The minimum absolute atomic E-state index is 0.159. The number of nitrogens with one attached hydrogen (secondary N) is 1. The van der Waals surface area contributed by atoms with Crippen molar-refractivity contribution < 1.29 is 24.7 Å². The van der Waals surface area contributed by atoms with Gasteiger partial charge in [-0.05, 0) is 75.9 Å². The number of hydrogen-bond acceptors (Lipinski definition) is 6. The molecule has 5 atom stereocenters. The third-order valence-corrected chi connectivity index (χ3v) is 11.1. The van der Waals surface area contributed by atoms with E-state index in [4.69, 9.17) is 0 Å². The van der Waals surface area contributed by atoms with Gasteiger partial charge in [0, 0.05) is 35.5 Å². The van der Waals surface area contributed by atoms with Gasteiger partial charge >= 0.3 is 11.9 Å². The number of aliphatic carboxylic acids is 2. The Bertz CT molecular complexity index is 1480. The number of likely N-dealkylation sites (tertiary alicyclic amines) is 1. The van der Waals surface area contributed by atoms with Crippen LogP contribution in [0.3, 0.4) is 0 Å². The van der Waals surface area contributed by atoms with Gasteiger partial charge in [0.1, 0.15) is 0 Å². The predicted molar refractivity (Wildman–Crippen MR) is 172 cm³/mol. The van der Waals surface area contributed by atoms with Gasteiger partial charge in [0.15, 0.2) is 0 Å². The highest BCUT2D eigenvalue weighted by Crippen LogP contribution is 2.59. The summed E-state index contributed by atoms with van der Waals surface area (Å²) in [7, 11) is 0. The summed E-state index contributed by atoms with van der Waals surface area (Å²) in [5.41, 5.74) is -0.489. The van der Waals surface area contributed by atoms with Gasteiger partial charge < -0.3 is 20.4 Å². The minimum Gasteiger partial charge on any atom is -0.481 e. The van der Waals surface area contributed by atoms with Gasteiger partial charge in [-0.2, -0.15) is 0 Å². The quantitative estimate of drug-likeness (QED) is 0.185. The minimum atomic E-state index is -1.54. The lowest BCUT2D eigenvalue weighted by Crippen LogP contribution is -2.70. The van der Waals surface area contributed by atoms with Crippen molar-refractivity contribution in [3.8, 4) is 0 Å². The molecular weight excluding hydrogens is 570 g/mol. The van der Waals surface area contributed by atoms with Crippen molar-refractivity contribution in [2.45, 2.75) is 69.9 Å². The maximum absolute atomic E-state index is 13.6. The number of carboxylic acid groups (broad SMARTS) is 2. The van der Waals surface area contributed by atoms with Crippen LogP contribution in [0, 0.1) is 20.9 Å². The fourth-order valence-corrected chi connectivity index (χ4v) is 8.55. The van der Waals surface area contributed by atoms with Crippen LogP contribution in [0.2, 0.25) is 0 Å². The molecule has 3 aromatic rings. The van der Waals surface area contributed by atoms with Crippen molar-refractivity contribution >= 4 is 17.6 Å². The molecule has 5 rings (SSSR count). The van der Waals surface area contributed by atoms with Crippen LogP contribution in [-0.2, 0) is 15.0 Å². The number of nitro benzene ring substituents is 1. The van der Waals surface area contributed by atoms with Gasteiger partial charge in [-0.1, -0.05) is 79.7 Å². The lowest BCUT2D eigenvalue weighted by molar-refractivity contribution is -0.385. The highest BCUT2D eigenvalue weighted by Gasteiger charge is 2.66. The molecule has 5 unspecified atom stereocenters. The molecule has 2 saturated heterocycles. The van der Waals surface area contributed by atoms with Crippen LogP contribution in [0.5, 0.6) is 0 Å². The van der Waals surface area contributed by atoms with E-state index in [2.05, 4.69) is 58.7 Å². The molecule has 0 saturated carbocycles. The summed E-state index contributed by atoms with van der Waals surface area (Å²) in [5, 5.41) is 37.0. The van der Waals surface area contributed by atoms with E-state index in [1.807, 2.05) is 19.1 Å². The molecule has 0 amide bonds. The van der Waals surface area contributed by atoms with Crippen LogP contribution < -0.4 is 5.32 Å². The Kier molecular flexibility index (Phi) is 9.14. The number of hydrogen-bond donors (Lipinski definition) is 3. The Morgan fingerprint density at radius 2 is 1.40 bits per heavy atom. The fourth-order valence-electron chi connectivity index (χ4n) is 8.55. The maximum atomic E-state index is 13.6. The number of nitrogens with zero attached hydrogens (tertiary/aromatic N) is 2. The molecule has 2 fully saturated rings. The summed E-state index contributed by atoms with van der Waals surface area (Å²) < 4.78 is 0. The van der Waals surface area contributed by atoms with Crippen molar-refractivity contribution in [1.29, 1.82) is 0 Å². The van der Waals surface area contributed by atoms with Crippen molar-refractivity contribution in [3.05, 3.63) is 112 Å². The number of carbonyl (C=O) groups is 2. The van der Waals surface area contributed by atoms with Gasteiger partial charge in [0.05, 0.1) is 15.8 Å². The first-order chi connectivity index (χ1) is 21.5. The van der Waals surface area contributed by atoms with Crippen molar-refractivity contribution in [2.24, 2.45) is 10.8 Å². The molecule has 9 heteroatoms. The third kappa shape index (κ3) is 5.42. The van der Waals surface area contributed by atoms with Crippen LogP contribution in [0.4, 0.5) is 5.69 Å². The molecule has 0 aromatic heterocycles. The summed E-state index contributed by atoms with van der Waals surface area (Å²) in [4.78, 5) is 40.3. The van der Waals surface area contributed by atoms with Crippen LogP contribution in [0.1, 0.15) is 69.1 Å². The molecule has 0 bridgehead atoms. The van der Waals surface area contributed by atoms with E-state index in [1.54, 1.807) is 19.9 Å². The SMILES string of the molecule is CCC1(C(=O)O)C(C)NC(C)C(CCN2CCC(c3ccccc3)(c3ccccc3)CC2)(C(=O)O)C1c1cccc([N+](=O)[O-])c1. The average Bonchev–Trinajstić information content (AvgIpc) is 3.05. The van der Waals surface area contributed by atoms with Crippen LogP contribution in [-0.4, -0.2) is 63.7 Å². The van der Waals surface area contributed by atoms with Gasteiger partial charge in [0.2, 0.25) is 0 Å². The van der Waals surface area contributed by atoms with Gasteiger partial charge in [0.25, 0.3) is 5.69 Å². The molecule has 2 aliphatic rings. The zero-order valence-electron chi connectivity index (χ0n) is 26.2. The highest BCUT2D eigenvalue weighted by molar-refractivity contribution is 5.84. The van der Waals surface area contributed by atoms with E-state index < -0.39 is 45.7 Å². The zero-order valence-corrected chi connectivity index (χ0v) is 26.2. The van der Waals surface area contributed by atoms with E-state index in [1.165, 1.54) is 29.3 Å². The van der Waals surface area contributed by atoms with E-state index >= 15 is 0 Å². The fraction of sp³-hybridized carbons (Fsp3) is 0.444. The topological polar surface area (TPSA) is 133 Å². The molecule has 3 aromatic carbocycles. The Hall–Kier alpha value is -4.08. The lowest BCUT2D eigenvalue weighted by Gasteiger charge is -2.57. The normalized spacial score (nSPS) is 28.3. The summed E-state index contributed by atoms with van der Waals surface area (Å²) >= 11 is 0. The number of piperidine rings is 2. The van der Waals surface area contributed by atoms with Crippen LogP contribution in [0.15, 0.2) is 84.9 Å². The molecule has 0 aliphatic carbocycles. The first-order valence-corrected chi connectivity index (χ1v) is 15.8. The lowest BCUT2D eigenvalue weighted by atomic mass is 9.50. The Morgan fingerprint density at radius 1 is 0.867 bits per heavy atom. The molecular formula is C36H43N3O6. The number of benzene rings is 3. The summed E-state index contributed by atoms with van der Waals surface area (Å²) in [6.45, 7) is 7.30. The molecule has 0 radical (unpaired) electrons. The van der Waals surface area contributed by atoms with Gasteiger partial charge in [-0.25, -0.2) is 0 Å². The molecule has 3 N–H and O–H groups in total. The predicted octanol–water partition coefficient (Wildman–Crippen LogP) is 6.08. The summed E-state index contributed by atoms with van der Waals surface area (Å²) in [5.74, 6) is -3.20. The van der Waals surface area contributed by atoms with Crippen molar-refractivity contribution in [1.82, 2.24) is 10.2 Å². The maximum Gasteiger partial charge on any atom is 0.311 e. The molecule has 45 heavy (non-hydrogen) atoms. The van der Waals surface area contributed by atoms with Gasteiger partial charge in [-0.3, -0.25) is 19.7 Å². The second kappa shape index (κ2) is 12.7. The second-order valence-electron chi connectivity index (χ2n) is 12.8. The third-order valence-electron chi connectivity index (χ3n) is 11.1. The number of non-ortho nitro benzene ring substituents is 1. The van der Waals surface area contributed by atoms with E-state index in [-0.39, 0.29) is 23.9 Å². The highest BCUT2D eigenvalue weighted by atomic mass is 16.6. The summed E-state index contributed by atoms with van der Waals surface area (Å²) in [6.07, 6.45) is 2.06. The van der Waals surface area contributed by atoms with E-state index in [0.29, 0.717) is 12.1 Å². The van der Waals surface area contributed by atoms with E-state index in [0.717, 1.165) is 25.9 Å². The molecule has 9 nitrogen and oxygen atoms in total. The van der Waals surface area contributed by atoms with Gasteiger partial charge in [-0.15, -0.1) is 0 Å². The second-order valence-corrected chi connectivity index (χ2v) is 12.8. The number of carboxylic acids is 2. The Labute approximate surface area is 264 Å². The Morgan fingerprint density at radius 3 is 1.89 bits per heavy atom. The van der Waals surface area contributed by atoms with Crippen molar-refractivity contribution in [2.75, 3.05) is 19.6 Å². The first kappa shape index (κ1) is 32.3. The number of nitro groups is 1. The zero-order chi connectivity index (χ0) is 32.4.